The SMILES string of the molecule is CCCCc1ccc(-c2ccc(C3CCC(OCC)CC3)c(Cl)c2F)cc1. The van der Waals surface area contributed by atoms with Crippen LogP contribution >= 0.6 is 11.6 Å². The van der Waals surface area contributed by atoms with Gasteiger partial charge in [0.1, 0.15) is 5.82 Å². The number of halogens is 2. The summed E-state index contributed by atoms with van der Waals surface area (Å²) in [4.78, 5) is 0. The summed E-state index contributed by atoms with van der Waals surface area (Å²) in [6.07, 6.45) is 7.85. The lowest BCUT2D eigenvalue weighted by molar-refractivity contribution is 0.0328. The van der Waals surface area contributed by atoms with Gasteiger partial charge in [-0.3, -0.25) is 0 Å². The Morgan fingerprint density at radius 1 is 1.00 bits per heavy atom. The van der Waals surface area contributed by atoms with Crippen molar-refractivity contribution in [2.45, 2.75) is 70.8 Å². The predicted octanol–water partition coefficient (Wildman–Crippen LogP) is 7.55. The first-order valence-electron chi connectivity index (χ1n) is 10.3. The van der Waals surface area contributed by atoms with E-state index in [1.165, 1.54) is 18.4 Å². The van der Waals surface area contributed by atoms with Crippen molar-refractivity contribution in [1.29, 1.82) is 0 Å². The van der Waals surface area contributed by atoms with Crippen LogP contribution in [0.4, 0.5) is 4.39 Å². The summed E-state index contributed by atoms with van der Waals surface area (Å²) >= 11 is 6.47. The van der Waals surface area contributed by atoms with Crippen LogP contribution in [0.5, 0.6) is 0 Å². The van der Waals surface area contributed by atoms with Gasteiger partial charge in [-0.05, 0) is 68.1 Å². The highest BCUT2D eigenvalue weighted by molar-refractivity contribution is 6.32. The largest absolute Gasteiger partial charge is 0.379 e. The molecule has 0 unspecified atom stereocenters. The van der Waals surface area contributed by atoms with Gasteiger partial charge in [0.05, 0.1) is 11.1 Å². The Kier molecular flexibility index (Phi) is 7.32. The molecule has 1 fully saturated rings. The molecule has 1 aliphatic rings. The van der Waals surface area contributed by atoms with E-state index < -0.39 is 0 Å². The average Bonchev–Trinajstić information content (AvgIpc) is 2.70. The molecule has 146 valence electrons. The van der Waals surface area contributed by atoms with Crippen LogP contribution in [0, 0.1) is 5.82 Å². The van der Waals surface area contributed by atoms with Crippen molar-refractivity contribution in [2.75, 3.05) is 6.61 Å². The second-order valence-electron chi connectivity index (χ2n) is 7.56. The molecule has 3 rings (SSSR count). The first-order chi connectivity index (χ1) is 13.1. The Hall–Kier alpha value is -1.38. The molecule has 0 saturated heterocycles. The summed E-state index contributed by atoms with van der Waals surface area (Å²) in [6.45, 7) is 4.99. The van der Waals surface area contributed by atoms with Crippen molar-refractivity contribution in [2.24, 2.45) is 0 Å². The quantitative estimate of drug-likeness (QED) is 0.475. The molecule has 0 radical (unpaired) electrons. The standard InChI is InChI=1S/C24H30ClFO/c1-3-5-6-17-7-9-19(10-8-17)22-16-15-21(23(25)24(22)26)18-11-13-20(14-12-18)27-4-2/h7-10,15-16,18,20H,3-6,11-14H2,1-2H3. The van der Waals surface area contributed by atoms with Crippen molar-refractivity contribution in [1.82, 2.24) is 0 Å². The van der Waals surface area contributed by atoms with E-state index in [4.69, 9.17) is 16.3 Å². The summed E-state index contributed by atoms with van der Waals surface area (Å²) in [5, 5.41) is 0.294. The van der Waals surface area contributed by atoms with Crippen molar-refractivity contribution in [3.8, 4) is 11.1 Å². The first kappa shape index (κ1) is 20.4. The Balaban J connectivity index is 1.75. The van der Waals surface area contributed by atoms with Crippen LogP contribution in [-0.4, -0.2) is 12.7 Å². The van der Waals surface area contributed by atoms with Crippen molar-refractivity contribution >= 4 is 11.6 Å². The number of unbranched alkanes of at least 4 members (excludes halogenated alkanes) is 1. The highest BCUT2D eigenvalue weighted by Gasteiger charge is 2.26. The Morgan fingerprint density at radius 2 is 1.70 bits per heavy atom. The van der Waals surface area contributed by atoms with Crippen LogP contribution < -0.4 is 0 Å². The molecule has 1 nitrogen and oxygen atoms in total. The molecule has 1 saturated carbocycles. The number of aryl methyl sites for hydroxylation is 1. The molecule has 0 atom stereocenters. The molecule has 2 aromatic rings. The minimum Gasteiger partial charge on any atom is -0.379 e. The maximum atomic E-state index is 15.0. The van der Waals surface area contributed by atoms with Gasteiger partial charge in [-0.2, -0.15) is 0 Å². The smallest absolute Gasteiger partial charge is 0.149 e. The van der Waals surface area contributed by atoms with Gasteiger partial charge < -0.3 is 4.74 Å². The fraction of sp³-hybridized carbons (Fsp3) is 0.500. The van der Waals surface area contributed by atoms with Gasteiger partial charge in [-0.1, -0.05) is 61.3 Å². The molecule has 2 aromatic carbocycles. The summed E-state index contributed by atoms with van der Waals surface area (Å²) in [7, 11) is 0. The predicted molar refractivity (Wildman–Crippen MR) is 112 cm³/mol. The third-order valence-electron chi connectivity index (χ3n) is 5.71. The number of hydrogen-bond acceptors (Lipinski definition) is 1. The van der Waals surface area contributed by atoms with Gasteiger partial charge in [0, 0.05) is 12.2 Å². The molecular weight excluding hydrogens is 359 g/mol. The monoisotopic (exact) mass is 388 g/mol. The van der Waals surface area contributed by atoms with E-state index in [9.17, 15) is 0 Å². The summed E-state index contributed by atoms with van der Waals surface area (Å²) < 4.78 is 20.8. The van der Waals surface area contributed by atoms with E-state index in [-0.39, 0.29) is 5.82 Å². The number of hydrogen-bond donors (Lipinski definition) is 0. The number of ether oxygens (including phenoxy) is 1. The normalized spacial score (nSPS) is 20.0. The maximum absolute atomic E-state index is 15.0. The van der Waals surface area contributed by atoms with Crippen LogP contribution in [0.1, 0.15) is 69.4 Å². The number of rotatable bonds is 7. The second-order valence-corrected chi connectivity index (χ2v) is 7.94. The Morgan fingerprint density at radius 3 is 2.33 bits per heavy atom. The fourth-order valence-corrected chi connectivity index (χ4v) is 4.43. The Bertz CT molecular complexity index is 733. The summed E-state index contributed by atoms with van der Waals surface area (Å²) in [5.74, 6) is 0.0385. The van der Waals surface area contributed by atoms with Gasteiger partial charge in [0.2, 0.25) is 0 Å². The zero-order chi connectivity index (χ0) is 19.2. The number of benzene rings is 2. The molecule has 0 aromatic heterocycles. The molecule has 27 heavy (non-hydrogen) atoms. The minimum atomic E-state index is -0.289. The molecule has 0 amide bonds. The van der Waals surface area contributed by atoms with Gasteiger partial charge in [0.25, 0.3) is 0 Å². The lowest BCUT2D eigenvalue weighted by Gasteiger charge is -2.29. The summed E-state index contributed by atoms with van der Waals surface area (Å²) in [5.41, 5.74) is 3.73. The van der Waals surface area contributed by atoms with E-state index >= 15 is 4.39 Å². The third kappa shape index (κ3) is 4.92. The van der Waals surface area contributed by atoms with Gasteiger partial charge in [-0.15, -0.1) is 0 Å². The highest BCUT2D eigenvalue weighted by Crippen LogP contribution is 2.40. The maximum Gasteiger partial charge on any atom is 0.149 e. The molecule has 0 bridgehead atoms. The van der Waals surface area contributed by atoms with E-state index in [0.717, 1.165) is 49.8 Å². The van der Waals surface area contributed by atoms with Crippen LogP contribution in [0.2, 0.25) is 5.02 Å². The molecular formula is C24H30ClFO. The van der Waals surface area contributed by atoms with Crippen molar-refractivity contribution < 1.29 is 9.13 Å². The zero-order valence-corrected chi connectivity index (χ0v) is 17.2. The summed E-state index contributed by atoms with van der Waals surface area (Å²) in [6, 6.07) is 12.1. The second kappa shape index (κ2) is 9.71. The van der Waals surface area contributed by atoms with Crippen molar-refractivity contribution in [3.05, 3.63) is 58.4 Å². The molecule has 1 aliphatic carbocycles. The third-order valence-corrected chi connectivity index (χ3v) is 6.10. The topological polar surface area (TPSA) is 9.23 Å². The van der Waals surface area contributed by atoms with Crippen LogP contribution in [0.15, 0.2) is 36.4 Å². The zero-order valence-electron chi connectivity index (χ0n) is 16.4. The molecule has 0 aliphatic heterocycles. The molecule has 3 heteroatoms. The average molecular weight is 389 g/mol. The highest BCUT2D eigenvalue weighted by atomic mass is 35.5. The van der Waals surface area contributed by atoms with Crippen LogP contribution in [0.3, 0.4) is 0 Å². The lowest BCUT2D eigenvalue weighted by atomic mass is 9.82. The fourth-order valence-electron chi connectivity index (χ4n) is 4.11. The molecule has 0 spiro atoms. The lowest BCUT2D eigenvalue weighted by Crippen LogP contribution is -2.21. The van der Waals surface area contributed by atoms with Gasteiger partial charge >= 0.3 is 0 Å². The van der Waals surface area contributed by atoms with E-state index in [2.05, 4.69) is 19.1 Å². The molecule has 0 N–H and O–H groups in total. The molecule has 0 heterocycles. The van der Waals surface area contributed by atoms with E-state index in [1.807, 2.05) is 31.2 Å². The van der Waals surface area contributed by atoms with Crippen LogP contribution in [0.25, 0.3) is 11.1 Å². The first-order valence-corrected chi connectivity index (χ1v) is 10.7. The van der Waals surface area contributed by atoms with Crippen molar-refractivity contribution in [3.63, 3.8) is 0 Å². The van der Waals surface area contributed by atoms with E-state index in [1.54, 1.807) is 0 Å². The van der Waals surface area contributed by atoms with Crippen LogP contribution in [-0.2, 0) is 11.2 Å². The minimum absolute atomic E-state index is 0.289. The van der Waals surface area contributed by atoms with E-state index in [0.29, 0.717) is 22.6 Å². The Labute approximate surface area is 167 Å². The van der Waals surface area contributed by atoms with Gasteiger partial charge in [-0.25, -0.2) is 4.39 Å². The van der Waals surface area contributed by atoms with Gasteiger partial charge in [0.15, 0.2) is 0 Å².